The van der Waals surface area contributed by atoms with Crippen molar-refractivity contribution >= 4 is 34.7 Å². The van der Waals surface area contributed by atoms with Crippen LogP contribution in [0.25, 0.3) is 0 Å². The van der Waals surface area contributed by atoms with E-state index < -0.39 is 0 Å². The molecule has 0 heterocycles. The highest BCUT2D eigenvalue weighted by molar-refractivity contribution is 7.99. The van der Waals surface area contributed by atoms with Crippen LogP contribution in [-0.4, -0.2) is 30.5 Å². The van der Waals surface area contributed by atoms with Crippen LogP contribution >= 0.6 is 24.0 Å². The molecule has 0 amide bonds. The monoisotopic (exact) mass is 310 g/mol. The molecule has 1 aromatic rings. The Balaban J connectivity index is 1.91. The second-order valence-electron chi connectivity index (χ2n) is 4.92. The van der Waals surface area contributed by atoms with E-state index in [1.54, 1.807) is 11.8 Å². The van der Waals surface area contributed by atoms with Crippen molar-refractivity contribution in [3.05, 3.63) is 23.8 Å². The van der Waals surface area contributed by atoms with Gasteiger partial charge >= 0.3 is 0 Å². The zero-order valence-corrected chi connectivity index (χ0v) is 13.5. The predicted molar refractivity (Wildman–Crippen MR) is 90.8 cm³/mol. The van der Waals surface area contributed by atoms with Gasteiger partial charge in [-0.15, -0.1) is 11.8 Å². The highest BCUT2D eigenvalue weighted by Crippen LogP contribution is 2.29. The molecule has 1 aliphatic rings. The van der Waals surface area contributed by atoms with Crippen molar-refractivity contribution in [2.45, 2.75) is 24.7 Å². The molecule has 110 valence electrons. The van der Waals surface area contributed by atoms with E-state index in [0.29, 0.717) is 4.99 Å². The van der Waals surface area contributed by atoms with E-state index in [4.69, 9.17) is 22.7 Å². The summed E-state index contributed by atoms with van der Waals surface area (Å²) in [5.41, 5.74) is 7.83. The number of hydrogen-bond acceptors (Lipinski definition) is 4. The summed E-state index contributed by atoms with van der Waals surface area (Å²) in [5.74, 6) is 1.82. The Labute approximate surface area is 130 Å². The van der Waals surface area contributed by atoms with Crippen molar-refractivity contribution < 1.29 is 4.74 Å². The zero-order chi connectivity index (χ0) is 14.4. The first-order valence-electron chi connectivity index (χ1n) is 7.09. The first-order valence-corrected chi connectivity index (χ1v) is 8.49. The molecule has 0 aromatic heterocycles. The lowest BCUT2D eigenvalue weighted by Gasteiger charge is -2.15. The van der Waals surface area contributed by atoms with Gasteiger partial charge in [0.15, 0.2) is 0 Å². The smallest absolute Gasteiger partial charge is 0.107 e. The van der Waals surface area contributed by atoms with E-state index in [1.807, 2.05) is 12.1 Å². The summed E-state index contributed by atoms with van der Waals surface area (Å²) < 4.78 is 5.63. The molecule has 5 heteroatoms. The summed E-state index contributed by atoms with van der Waals surface area (Å²) in [6, 6.07) is 6.12. The molecular weight excluding hydrogens is 288 g/mol. The van der Waals surface area contributed by atoms with E-state index in [-0.39, 0.29) is 0 Å². The number of rotatable bonds is 9. The Morgan fingerprint density at radius 2 is 2.30 bits per heavy atom. The topological polar surface area (TPSA) is 47.3 Å². The molecule has 0 aliphatic heterocycles. The second-order valence-corrected chi connectivity index (χ2v) is 6.67. The van der Waals surface area contributed by atoms with Crippen LogP contribution in [0.2, 0.25) is 0 Å². The molecule has 1 fully saturated rings. The highest BCUT2D eigenvalue weighted by Gasteiger charge is 2.20. The molecule has 0 unspecified atom stereocenters. The minimum Gasteiger partial charge on any atom is -0.389 e. The third-order valence-corrected chi connectivity index (χ3v) is 4.33. The van der Waals surface area contributed by atoms with Gasteiger partial charge in [-0.3, -0.25) is 0 Å². The fraction of sp³-hybridized carbons (Fsp3) is 0.533. The van der Waals surface area contributed by atoms with Crippen LogP contribution in [0.3, 0.4) is 0 Å². The van der Waals surface area contributed by atoms with E-state index in [9.17, 15) is 0 Å². The summed E-state index contributed by atoms with van der Waals surface area (Å²) in [7, 11) is 0. The Kier molecular flexibility index (Phi) is 6.13. The number of thioether (sulfide) groups is 1. The van der Waals surface area contributed by atoms with Gasteiger partial charge in [0.05, 0.1) is 6.61 Å². The molecule has 2 rings (SSSR count). The average Bonchev–Trinajstić information content (AvgIpc) is 3.22. The van der Waals surface area contributed by atoms with E-state index in [0.717, 1.165) is 47.6 Å². The van der Waals surface area contributed by atoms with Crippen molar-refractivity contribution in [1.29, 1.82) is 0 Å². The molecular formula is C15H22N2OS2. The molecule has 1 aromatic carbocycles. The zero-order valence-electron chi connectivity index (χ0n) is 11.9. The molecule has 0 spiro atoms. The van der Waals surface area contributed by atoms with Gasteiger partial charge in [0, 0.05) is 29.3 Å². The molecule has 0 bridgehead atoms. The van der Waals surface area contributed by atoms with E-state index >= 15 is 0 Å². The van der Waals surface area contributed by atoms with Crippen molar-refractivity contribution in [1.82, 2.24) is 0 Å². The van der Waals surface area contributed by atoms with E-state index in [1.165, 1.54) is 12.8 Å². The molecule has 0 atom stereocenters. The lowest BCUT2D eigenvalue weighted by Crippen LogP contribution is -2.17. The maximum absolute atomic E-state index is 5.87. The largest absolute Gasteiger partial charge is 0.389 e. The number of thiocarbonyl (C=S) groups is 1. The summed E-state index contributed by atoms with van der Waals surface area (Å²) in [6.45, 7) is 4.52. The van der Waals surface area contributed by atoms with Gasteiger partial charge in [-0.2, -0.15) is 0 Å². The molecule has 0 radical (unpaired) electrons. The summed E-state index contributed by atoms with van der Waals surface area (Å²) in [6.07, 6.45) is 2.66. The minimum absolute atomic E-state index is 0.447. The number of nitrogens with two attached hydrogens (primary N) is 1. The van der Waals surface area contributed by atoms with Crippen LogP contribution in [0.4, 0.5) is 5.69 Å². The quantitative estimate of drug-likeness (QED) is 0.416. The van der Waals surface area contributed by atoms with Gasteiger partial charge < -0.3 is 15.8 Å². The standard InChI is InChI=1S/C15H22N2OS2/c1-2-20-13-5-3-4-12(14(13)15(16)19)17-8-9-18-10-11-6-7-11/h3-5,11,17H,2,6-10H2,1H3,(H2,16,19). The van der Waals surface area contributed by atoms with Crippen LogP contribution in [0, 0.1) is 5.92 Å². The normalized spacial score (nSPS) is 14.2. The SMILES string of the molecule is CCSc1cccc(NCCOCC2CC2)c1C(N)=S. The summed E-state index contributed by atoms with van der Waals surface area (Å²) in [4.78, 5) is 1.59. The number of nitrogens with one attached hydrogen (secondary N) is 1. The summed E-state index contributed by atoms with van der Waals surface area (Å²) >= 11 is 6.95. The van der Waals surface area contributed by atoms with Gasteiger partial charge in [-0.05, 0) is 36.6 Å². The molecule has 20 heavy (non-hydrogen) atoms. The molecule has 3 N–H and O–H groups in total. The molecule has 1 aliphatic carbocycles. The van der Waals surface area contributed by atoms with Gasteiger partial charge in [0.25, 0.3) is 0 Å². The Morgan fingerprint density at radius 3 is 2.95 bits per heavy atom. The van der Waals surface area contributed by atoms with Crippen molar-refractivity contribution in [3.63, 3.8) is 0 Å². The summed E-state index contributed by atoms with van der Waals surface area (Å²) in [5, 5.41) is 3.38. The van der Waals surface area contributed by atoms with Crippen LogP contribution in [0.5, 0.6) is 0 Å². The lowest BCUT2D eigenvalue weighted by atomic mass is 10.1. The number of benzene rings is 1. The van der Waals surface area contributed by atoms with Gasteiger partial charge in [-0.25, -0.2) is 0 Å². The van der Waals surface area contributed by atoms with Gasteiger partial charge in [0.2, 0.25) is 0 Å². The van der Waals surface area contributed by atoms with Crippen molar-refractivity contribution in [2.75, 3.05) is 30.8 Å². The number of anilines is 1. The Bertz CT molecular complexity index is 461. The lowest BCUT2D eigenvalue weighted by molar-refractivity contribution is 0.134. The Morgan fingerprint density at radius 1 is 1.50 bits per heavy atom. The molecule has 1 saturated carbocycles. The van der Waals surface area contributed by atoms with Crippen LogP contribution in [-0.2, 0) is 4.74 Å². The van der Waals surface area contributed by atoms with Crippen molar-refractivity contribution in [3.8, 4) is 0 Å². The first kappa shape index (κ1) is 15.6. The highest BCUT2D eigenvalue weighted by atomic mass is 32.2. The first-order chi connectivity index (χ1) is 9.72. The third kappa shape index (κ3) is 4.65. The van der Waals surface area contributed by atoms with Crippen LogP contribution in [0.15, 0.2) is 23.1 Å². The molecule has 3 nitrogen and oxygen atoms in total. The van der Waals surface area contributed by atoms with Crippen LogP contribution in [0.1, 0.15) is 25.3 Å². The Hall–Kier alpha value is -0.780. The maximum atomic E-state index is 5.87. The number of ether oxygens (including phenoxy) is 1. The van der Waals surface area contributed by atoms with Gasteiger partial charge in [0.1, 0.15) is 4.99 Å². The second kappa shape index (κ2) is 7.86. The average molecular weight is 310 g/mol. The van der Waals surface area contributed by atoms with Gasteiger partial charge in [-0.1, -0.05) is 25.2 Å². The van der Waals surface area contributed by atoms with Crippen molar-refractivity contribution in [2.24, 2.45) is 11.7 Å². The fourth-order valence-corrected chi connectivity index (χ4v) is 3.14. The van der Waals surface area contributed by atoms with E-state index in [2.05, 4.69) is 18.3 Å². The number of hydrogen-bond donors (Lipinski definition) is 2. The van der Waals surface area contributed by atoms with Crippen LogP contribution < -0.4 is 11.1 Å². The molecule has 0 saturated heterocycles. The predicted octanol–water partition coefficient (Wildman–Crippen LogP) is 3.27. The minimum atomic E-state index is 0.447. The maximum Gasteiger partial charge on any atom is 0.107 e. The third-order valence-electron chi connectivity index (χ3n) is 3.18. The fourth-order valence-electron chi connectivity index (χ4n) is 2.00.